The van der Waals surface area contributed by atoms with Crippen LogP contribution in [0.5, 0.6) is 0 Å². The summed E-state index contributed by atoms with van der Waals surface area (Å²) in [5.74, 6) is 0. The molecular weight excluding hydrogens is 801 g/mol. The van der Waals surface area contributed by atoms with Crippen LogP contribution < -0.4 is 0 Å². The molecule has 0 spiro atoms. The molecule has 1 heterocycles. The van der Waals surface area contributed by atoms with E-state index in [1.165, 1.54) is 130 Å². The zero-order chi connectivity index (χ0) is 43.4. The molecule has 0 bridgehead atoms. The van der Waals surface area contributed by atoms with E-state index in [1.807, 2.05) is 11.3 Å². The maximum Gasteiger partial charge on any atom is 0.0349 e. The number of hydrogen-bond acceptors (Lipinski definition) is 1. The molecule has 0 amide bonds. The van der Waals surface area contributed by atoms with Crippen molar-refractivity contribution in [1.29, 1.82) is 0 Å². The molecule has 0 atom stereocenters. The van der Waals surface area contributed by atoms with E-state index < -0.39 is 0 Å². The molecule has 0 aliphatic heterocycles. The van der Waals surface area contributed by atoms with Crippen molar-refractivity contribution in [2.75, 3.05) is 0 Å². The van der Waals surface area contributed by atoms with E-state index in [0.29, 0.717) is 0 Å². The zero-order valence-corrected chi connectivity index (χ0v) is 37.2. The first-order valence-corrected chi connectivity index (χ1v) is 23.3. The van der Waals surface area contributed by atoms with Crippen LogP contribution in [0.3, 0.4) is 0 Å². The third kappa shape index (κ3) is 6.76. The number of fused-ring (bicyclic) bond motifs is 6. The van der Waals surface area contributed by atoms with Gasteiger partial charge in [-0.1, -0.05) is 200 Å². The molecule has 11 aromatic carbocycles. The molecule has 1 aromatic heterocycles. The molecule has 0 nitrogen and oxygen atoms in total. The fraction of sp³-hybridized carbons (Fsp3) is 0.0312. The molecule has 306 valence electrons. The van der Waals surface area contributed by atoms with Crippen molar-refractivity contribution in [1.82, 2.24) is 0 Å². The highest BCUT2D eigenvalue weighted by Crippen LogP contribution is 2.48. The Kier molecular flexibility index (Phi) is 9.59. The van der Waals surface area contributed by atoms with Crippen LogP contribution in [0.15, 0.2) is 231 Å². The molecule has 12 rings (SSSR count). The lowest BCUT2D eigenvalue weighted by Gasteiger charge is -2.21. The van der Waals surface area contributed by atoms with Gasteiger partial charge in [0.25, 0.3) is 0 Å². The summed E-state index contributed by atoms with van der Waals surface area (Å²) in [6.45, 7) is 4.50. The topological polar surface area (TPSA) is 0 Å². The van der Waals surface area contributed by atoms with Crippen LogP contribution in [0.1, 0.15) is 24.3 Å². The van der Waals surface area contributed by atoms with Gasteiger partial charge >= 0.3 is 0 Å². The minimum absolute atomic E-state index is 1.21. The fourth-order valence-electron chi connectivity index (χ4n) is 10.2. The van der Waals surface area contributed by atoms with Gasteiger partial charge in [-0.3, -0.25) is 0 Å². The van der Waals surface area contributed by atoms with Crippen LogP contribution in [0.25, 0.3) is 120 Å². The van der Waals surface area contributed by atoms with Crippen LogP contribution in [0.2, 0.25) is 0 Å². The Balaban J connectivity index is 1.09. The Morgan fingerprint density at radius 2 is 0.723 bits per heavy atom. The summed E-state index contributed by atoms with van der Waals surface area (Å²) in [5, 5.41) is 15.0. The Morgan fingerprint density at radius 3 is 1.29 bits per heavy atom. The SMILES string of the molecule is C/C(=C\C=C(/C)c1c2ccccc2c(-c2ccc3c(-c4ccc5ccccc5c4)c4ccccc4c(-c4ccc5ccccc5c4)c3c2)c2ccccc12)c1ccc(-c2ccccc2)s1. The number of benzene rings is 11. The zero-order valence-electron chi connectivity index (χ0n) is 36.3. The van der Waals surface area contributed by atoms with Crippen molar-refractivity contribution in [3.63, 3.8) is 0 Å². The molecule has 0 saturated heterocycles. The largest absolute Gasteiger partial charge is 0.136 e. The molecule has 65 heavy (non-hydrogen) atoms. The number of hydrogen-bond donors (Lipinski definition) is 0. The van der Waals surface area contributed by atoms with Gasteiger partial charge in [-0.15, -0.1) is 11.3 Å². The Labute approximate surface area is 383 Å². The smallest absolute Gasteiger partial charge is 0.0349 e. The van der Waals surface area contributed by atoms with E-state index in [1.54, 1.807) is 0 Å². The first-order chi connectivity index (χ1) is 32.1. The molecule has 0 aliphatic rings. The molecule has 1 heteroatoms. The van der Waals surface area contributed by atoms with Crippen molar-refractivity contribution in [3.8, 4) is 43.8 Å². The molecular formula is C64H44S. The van der Waals surface area contributed by atoms with E-state index in [9.17, 15) is 0 Å². The van der Waals surface area contributed by atoms with Crippen molar-refractivity contribution in [2.24, 2.45) is 0 Å². The van der Waals surface area contributed by atoms with E-state index in [-0.39, 0.29) is 0 Å². The maximum absolute atomic E-state index is 2.49. The highest BCUT2D eigenvalue weighted by Gasteiger charge is 2.21. The van der Waals surface area contributed by atoms with Crippen molar-refractivity contribution in [3.05, 3.63) is 241 Å². The van der Waals surface area contributed by atoms with E-state index in [2.05, 4.69) is 244 Å². The number of allylic oxidation sites excluding steroid dienone is 4. The summed E-state index contributed by atoms with van der Waals surface area (Å²) >= 11 is 1.85. The second-order valence-corrected chi connectivity index (χ2v) is 18.3. The van der Waals surface area contributed by atoms with Gasteiger partial charge in [-0.25, -0.2) is 0 Å². The molecule has 12 aromatic rings. The van der Waals surface area contributed by atoms with Crippen LogP contribution in [-0.4, -0.2) is 0 Å². The Hall–Kier alpha value is -7.84. The molecule has 0 aliphatic carbocycles. The molecule has 0 fully saturated rings. The van der Waals surface area contributed by atoms with Gasteiger partial charge in [0.2, 0.25) is 0 Å². The fourth-order valence-corrected chi connectivity index (χ4v) is 11.2. The Morgan fingerprint density at radius 1 is 0.308 bits per heavy atom. The lowest BCUT2D eigenvalue weighted by atomic mass is 9.82. The standard InChI is InChI=1S/C64H44S/c1-41(59-36-37-60(65-59)45-18-4-3-5-19-45)28-29-42(2)61-51-22-10-12-24-53(51)63(54-25-13-11-23-52(54)61)50-34-35-57-58(40-50)64(49-33-31-44-17-7-9-21-47(44)39-49)56-27-15-14-26-55(56)62(57)48-32-30-43-16-6-8-20-46(43)38-48/h3-40H,1-2H3/b41-28+,42-29+. The molecule has 0 saturated carbocycles. The van der Waals surface area contributed by atoms with E-state index in [4.69, 9.17) is 0 Å². The van der Waals surface area contributed by atoms with Gasteiger partial charge in [0, 0.05) is 9.75 Å². The number of thiophene rings is 1. The minimum atomic E-state index is 1.21. The van der Waals surface area contributed by atoms with Gasteiger partial charge in [0.15, 0.2) is 0 Å². The minimum Gasteiger partial charge on any atom is -0.136 e. The van der Waals surface area contributed by atoms with Crippen molar-refractivity contribution in [2.45, 2.75) is 13.8 Å². The van der Waals surface area contributed by atoms with Crippen LogP contribution in [0, 0.1) is 0 Å². The normalized spacial score (nSPS) is 12.3. The third-order valence-corrected chi connectivity index (χ3v) is 14.6. The lowest BCUT2D eigenvalue weighted by molar-refractivity contribution is 1.63. The predicted molar refractivity (Wildman–Crippen MR) is 285 cm³/mol. The maximum atomic E-state index is 2.49. The molecule has 0 unspecified atom stereocenters. The second kappa shape index (κ2) is 16.1. The second-order valence-electron chi connectivity index (χ2n) is 17.3. The average Bonchev–Trinajstić information content (AvgIpc) is 3.87. The highest BCUT2D eigenvalue weighted by molar-refractivity contribution is 7.16. The first kappa shape index (κ1) is 38.8. The van der Waals surface area contributed by atoms with Gasteiger partial charge in [0.05, 0.1) is 0 Å². The van der Waals surface area contributed by atoms with Gasteiger partial charge in [-0.2, -0.15) is 0 Å². The van der Waals surface area contributed by atoms with Crippen molar-refractivity contribution < 1.29 is 0 Å². The predicted octanol–water partition coefficient (Wildman–Crippen LogP) is 18.8. The van der Waals surface area contributed by atoms with Crippen LogP contribution >= 0.6 is 11.3 Å². The van der Waals surface area contributed by atoms with Gasteiger partial charge in [-0.05, 0) is 164 Å². The van der Waals surface area contributed by atoms with Crippen LogP contribution in [0.4, 0.5) is 0 Å². The third-order valence-electron chi connectivity index (χ3n) is 13.4. The summed E-state index contributed by atoms with van der Waals surface area (Å²) in [4.78, 5) is 2.58. The summed E-state index contributed by atoms with van der Waals surface area (Å²) in [5.41, 5.74) is 12.5. The summed E-state index contributed by atoms with van der Waals surface area (Å²) in [7, 11) is 0. The first-order valence-electron chi connectivity index (χ1n) is 22.5. The number of rotatable bonds is 7. The molecule has 0 N–H and O–H groups in total. The lowest BCUT2D eigenvalue weighted by Crippen LogP contribution is -1.94. The summed E-state index contributed by atoms with van der Waals surface area (Å²) in [6, 6.07) is 80.8. The van der Waals surface area contributed by atoms with Crippen LogP contribution in [-0.2, 0) is 0 Å². The van der Waals surface area contributed by atoms with E-state index >= 15 is 0 Å². The summed E-state index contributed by atoms with van der Waals surface area (Å²) < 4.78 is 0. The van der Waals surface area contributed by atoms with Gasteiger partial charge in [0.1, 0.15) is 0 Å². The Bertz CT molecular complexity index is 3840. The van der Waals surface area contributed by atoms with E-state index in [0.717, 1.165) is 0 Å². The monoisotopic (exact) mass is 844 g/mol. The summed E-state index contributed by atoms with van der Waals surface area (Å²) in [6.07, 6.45) is 4.61. The average molecular weight is 845 g/mol. The highest BCUT2D eigenvalue weighted by atomic mass is 32.1. The quantitative estimate of drug-likeness (QED) is 0.111. The molecule has 0 radical (unpaired) electrons. The van der Waals surface area contributed by atoms with Crippen molar-refractivity contribution >= 4 is 87.1 Å². The van der Waals surface area contributed by atoms with Gasteiger partial charge < -0.3 is 0 Å².